The molecule has 1 N–H and O–H groups in total. The van der Waals surface area contributed by atoms with Gasteiger partial charge < -0.3 is 19.1 Å². The van der Waals surface area contributed by atoms with Crippen molar-refractivity contribution in [1.29, 1.82) is 0 Å². The molecule has 1 atom stereocenters. The first kappa shape index (κ1) is 17.6. The zero-order valence-electron chi connectivity index (χ0n) is 13.8. The van der Waals surface area contributed by atoms with E-state index in [-0.39, 0.29) is 0 Å². The van der Waals surface area contributed by atoms with Crippen LogP contribution in [0.1, 0.15) is 39.3 Å². The van der Waals surface area contributed by atoms with E-state index in [4.69, 9.17) is 20.8 Å². The van der Waals surface area contributed by atoms with E-state index in [1.165, 1.54) is 14.2 Å². The van der Waals surface area contributed by atoms with Gasteiger partial charge in [0.15, 0.2) is 11.5 Å². The summed E-state index contributed by atoms with van der Waals surface area (Å²) in [5, 5.41) is 2.67. The molecule has 22 heavy (non-hydrogen) atoms. The van der Waals surface area contributed by atoms with Gasteiger partial charge in [0.1, 0.15) is 5.60 Å². The highest BCUT2D eigenvalue weighted by Gasteiger charge is 2.22. The Morgan fingerprint density at radius 3 is 2.23 bits per heavy atom. The van der Waals surface area contributed by atoms with Gasteiger partial charge in [-0.3, -0.25) is 5.32 Å². The molecule has 0 aliphatic rings. The molecule has 1 rings (SSSR count). The Bertz CT molecular complexity index is 585. The molecule has 1 amide bonds. The van der Waals surface area contributed by atoms with Crippen molar-refractivity contribution in [3.05, 3.63) is 29.1 Å². The molecule has 0 aliphatic carbocycles. The number of carbonyl (C=O) groups is 1. The lowest BCUT2D eigenvalue weighted by atomic mass is 10.1. The Balaban J connectivity index is 3.21. The predicted molar refractivity (Wildman–Crippen MR) is 84.4 cm³/mol. The van der Waals surface area contributed by atoms with Crippen LogP contribution >= 0.6 is 0 Å². The number of anilines is 1. The lowest BCUT2D eigenvalue weighted by Crippen LogP contribution is -2.27. The molecule has 0 bridgehead atoms. The third-order valence-corrected chi connectivity index (χ3v) is 2.84. The minimum Gasteiger partial charge on any atom is -0.493 e. The van der Waals surface area contributed by atoms with E-state index in [1.54, 1.807) is 39.8 Å². The van der Waals surface area contributed by atoms with E-state index in [1.807, 2.05) is 0 Å². The topological polar surface area (TPSA) is 61.2 Å². The highest BCUT2D eigenvalue weighted by molar-refractivity contribution is 5.87. The van der Waals surface area contributed by atoms with Crippen LogP contribution in [-0.4, -0.2) is 25.9 Å². The summed E-state index contributed by atoms with van der Waals surface area (Å²) in [6, 6.07) is 2.87. The molecule has 1 aromatic carbocycles. The first-order valence-corrected chi connectivity index (χ1v) is 6.84. The number of hydrogen-bond acceptors (Lipinski definition) is 4. The maximum absolute atomic E-state index is 12.0. The standard InChI is InChI=1S/C16H22N2O4/c1-10(17-5)11-8-13(20-6)14(21-7)9-12(11)18-15(19)22-16(2,3)4/h8-10H,1-4,6-7H3,(H,18,19). The minimum atomic E-state index is -0.605. The maximum atomic E-state index is 12.0. The van der Waals surface area contributed by atoms with Crippen LogP contribution < -0.4 is 14.8 Å². The quantitative estimate of drug-likeness (QED) is 0.853. The Hall–Kier alpha value is -2.42. The Morgan fingerprint density at radius 1 is 1.23 bits per heavy atom. The molecule has 0 saturated carbocycles. The number of rotatable bonds is 4. The monoisotopic (exact) mass is 306 g/mol. The van der Waals surface area contributed by atoms with E-state index >= 15 is 0 Å². The lowest BCUT2D eigenvalue weighted by molar-refractivity contribution is 0.0635. The van der Waals surface area contributed by atoms with Crippen molar-refractivity contribution in [2.24, 2.45) is 0 Å². The molecular weight excluding hydrogens is 284 g/mol. The first-order valence-electron chi connectivity index (χ1n) is 6.84. The van der Waals surface area contributed by atoms with Gasteiger partial charge in [0.05, 0.1) is 25.5 Å². The average molecular weight is 306 g/mol. The fourth-order valence-corrected chi connectivity index (χ4v) is 1.83. The van der Waals surface area contributed by atoms with Gasteiger partial charge in [-0.1, -0.05) is 0 Å². The number of nitrogens with one attached hydrogen (secondary N) is 1. The largest absolute Gasteiger partial charge is 0.493 e. The summed E-state index contributed by atoms with van der Waals surface area (Å²) in [5.41, 5.74) is 0.501. The van der Waals surface area contributed by atoms with Crippen molar-refractivity contribution in [1.82, 2.24) is 0 Å². The van der Waals surface area contributed by atoms with Crippen LogP contribution in [0, 0.1) is 6.57 Å². The van der Waals surface area contributed by atoms with Crippen molar-refractivity contribution in [2.45, 2.75) is 39.3 Å². The molecule has 120 valence electrons. The Labute approximate surface area is 131 Å². The molecule has 0 aromatic heterocycles. The summed E-state index contributed by atoms with van der Waals surface area (Å²) in [7, 11) is 3.03. The number of benzene rings is 1. The second-order valence-corrected chi connectivity index (χ2v) is 5.73. The van der Waals surface area contributed by atoms with Gasteiger partial charge in [-0.05, 0) is 26.8 Å². The fraction of sp³-hybridized carbons (Fsp3) is 0.500. The highest BCUT2D eigenvalue weighted by atomic mass is 16.6. The van der Waals surface area contributed by atoms with Gasteiger partial charge >= 0.3 is 6.09 Å². The highest BCUT2D eigenvalue weighted by Crippen LogP contribution is 2.37. The summed E-state index contributed by atoms with van der Waals surface area (Å²) in [5.74, 6) is 0.970. The summed E-state index contributed by atoms with van der Waals surface area (Å²) < 4.78 is 15.7. The van der Waals surface area contributed by atoms with Crippen molar-refractivity contribution >= 4 is 11.8 Å². The van der Waals surface area contributed by atoms with Crippen LogP contribution in [0.25, 0.3) is 4.85 Å². The third kappa shape index (κ3) is 4.55. The van der Waals surface area contributed by atoms with E-state index in [9.17, 15) is 4.79 Å². The van der Waals surface area contributed by atoms with Crippen LogP contribution in [0.3, 0.4) is 0 Å². The van der Waals surface area contributed by atoms with Crippen LogP contribution in [0.15, 0.2) is 12.1 Å². The molecular formula is C16H22N2O4. The van der Waals surface area contributed by atoms with Gasteiger partial charge in [-0.2, -0.15) is 0 Å². The molecule has 0 heterocycles. The SMILES string of the molecule is [C-]#[N+]C(C)c1cc(OC)c(OC)cc1NC(=O)OC(C)(C)C. The van der Waals surface area contributed by atoms with E-state index < -0.39 is 17.7 Å². The Kier molecular flexibility index (Phi) is 5.63. The summed E-state index contributed by atoms with van der Waals surface area (Å²) >= 11 is 0. The molecule has 1 unspecified atom stereocenters. The predicted octanol–water partition coefficient (Wildman–Crippen LogP) is 4.03. The average Bonchev–Trinajstić information content (AvgIpc) is 2.43. The normalized spacial score (nSPS) is 12.0. The van der Waals surface area contributed by atoms with Gasteiger partial charge in [-0.15, -0.1) is 0 Å². The molecule has 0 fully saturated rings. The molecule has 0 spiro atoms. The molecule has 0 aliphatic heterocycles. The van der Waals surface area contributed by atoms with Crippen LogP contribution in [0.2, 0.25) is 0 Å². The first-order chi connectivity index (χ1) is 10.2. The van der Waals surface area contributed by atoms with Crippen molar-refractivity contribution in [3.63, 3.8) is 0 Å². The lowest BCUT2D eigenvalue weighted by Gasteiger charge is -2.21. The minimum absolute atomic E-state index is 0.440. The zero-order valence-corrected chi connectivity index (χ0v) is 13.8. The maximum Gasteiger partial charge on any atom is 0.412 e. The van der Waals surface area contributed by atoms with Gasteiger partial charge in [-0.25, -0.2) is 11.4 Å². The molecule has 0 radical (unpaired) electrons. The zero-order chi connectivity index (χ0) is 16.9. The molecule has 6 heteroatoms. The number of carbonyl (C=O) groups excluding carboxylic acids is 1. The molecule has 1 aromatic rings. The van der Waals surface area contributed by atoms with Crippen molar-refractivity contribution in [2.75, 3.05) is 19.5 Å². The van der Waals surface area contributed by atoms with E-state index in [0.29, 0.717) is 22.7 Å². The third-order valence-electron chi connectivity index (χ3n) is 2.84. The second kappa shape index (κ2) is 7.03. The van der Waals surface area contributed by atoms with Crippen LogP contribution in [-0.2, 0) is 4.74 Å². The Morgan fingerprint density at radius 2 is 1.77 bits per heavy atom. The smallest absolute Gasteiger partial charge is 0.412 e. The number of hydrogen-bond donors (Lipinski definition) is 1. The van der Waals surface area contributed by atoms with Gasteiger partial charge in [0.2, 0.25) is 6.04 Å². The summed E-state index contributed by atoms with van der Waals surface area (Å²) in [4.78, 5) is 15.5. The molecule has 0 saturated heterocycles. The number of amides is 1. The van der Waals surface area contributed by atoms with E-state index in [2.05, 4.69) is 10.2 Å². The molecule has 6 nitrogen and oxygen atoms in total. The van der Waals surface area contributed by atoms with Crippen molar-refractivity contribution < 1.29 is 19.0 Å². The number of nitrogens with zero attached hydrogens (tertiary/aromatic N) is 1. The summed E-state index contributed by atoms with van der Waals surface area (Å²) in [6.45, 7) is 14.3. The second-order valence-electron chi connectivity index (χ2n) is 5.73. The van der Waals surface area contributed by atoms with Gasteiger partial charge in [0.25, 0.3) is 0 Å². The van der Waals surface area contributed by atoms with Gasteiger partial charge in [0, 0.05) is 13.0 Å². The summed E-state index contributed by atoms with van der Waals surface area (Å²) in [6.07, 6.45) is -0.585. The van der Waals surface area contributed by atoms with Crippen molar-refractivity contribution in [3.8, 4) is 11.5 Å². The fourth-order valence-electron chi connectivity index (χ4n) is 1.83. The van der Waals surface area contributed by atoms with Crippen LogP contribution in [0.4, 0.5) is 10.5 Å². The van der Waals surface area contributed by atoms with Crippen LogP contribution in [0.5, 0.6) is 11.5 Å². The van der Waals surface area contributed by atoms with E-state index in [0.717, 1.165) is 0 Å². The number of ether oxygens (including phenoxy) is 3. The number of methoxy groups -OCH3 is 2.